The van der Waals surface area contributed by atoms with Crippen molar-refractivity contribution in [2.45, 2.75) is 56.7 Å². The molecule has 1 aliphatic rings. The van der Waals surface area contributed by atoms with E-state index in [0.29, 0.717) is 23.7 Å². The second kappa shape index (κ2) is 6.40. The molecular weight excluding hydrogens is 340 g/mol. The Morgan fingerprint density at radius 2 is 1.91 bits per heavy atom. The number of rotatable bonds is 2. The van der Waals surface area contributed by atoms with E-state index >= 15 is 0 Å². The van der Waals surface area contributed by atoms with Gasteiger partial charge < -0.3 is 5.73 Å². The molecule has 2 rings (SSSR count). The molecule has 0 aromatic carbocycles. The highest BCUT2D eigenvalue weighted by Crippen LogP contribution is 2.36. The first kappa shape index (κ1) is 19.9. The highest BCUT2D eigenvalue weighted by molar-refractivity contribution is 7.91. The van der Waals surface area contributed by atoms with E-state index in [1.165, 1.54) is 11.3 Å². The van der Waals surface area contributed by atoms with Crippen LogP contribution >= 0.6 is 23.7 Å². The normalized spacial score (nSPS) is 23.1. The molecule has 1 fully saturated rings. The molecule has 2 heterocycles. The van der Waals surface area contributed by atoms with Crippen molar-refractivity contribution >= 4 is 33.8 Å². The second-order valence-electron chi connectivity index (χ2n) is 7.59. The van der Waals surface area contributed by atoms with Crippen LogP contribution in [0.1, 0.15) is 45.9 Å². The summed E-state index contributed by atoms with van der Waals surface area (Å²) in [7, 11) is -3.40. The molecule has 0 amide bonds. The lowest BCUT2D eigenvalue weighted by molar-refractivity contribution is 0.156. The summed E-state index contributed by atoms with van der Waals surface area (Å²) in [5.41, 5.74) is 5.89. The molecule has 1 aromatic heterocycles. The van der Waals surface area contributed by atoms with Gasteiger partial charge in [-0.1, -0.05) is 34.6 Å². The standard InChI is InChI=1S/C15H26N2O2S2.ClH/c1-14(2,3)12-6-7-13(20-12)21(18,19)17-9-8-11(16)15(4,5)10-17;/h6-7,11H,8-10,16H2,1-5H3;1H. The maximum absolute atomic E-state index is 12.8. The van der Waals surface area contributed by atoms with E-state index in [4.69, 9.17) is 5.73 Å². The number of halogens is 1. The smallest absolute Gasteiger partial charge is 0.252 e. The second-order valence-corrected chi connectivity index (χ2v) is 10.8. The van der Waals surface area contributed by atoms with Crippen LogP contribution in [0.4, 0.5) is 0 Å². The lowest BCUT2D eigenvalue weighted by Gasteiger charge is -2.41. The Bertz CT molecular complexity index is 618. The van der Waals surface area contributed by atoms with Crippen LogP contribution in [0.3, 0.4) is 0 Å². The predicted molar refractivity (Wildman–Crippen MR) is 95.4 cm³/mol. The van der Waals surface area contributed by atoms with E-state index in [2.05, 4.69) is 20.8 Å². The number of hydrogen-bond acceptors (Lipinski definition) is 4. The molecule has 1 aliphatic heterocycles. The molecule has 1 saturated heterocycles. The zero-order chi connectivity index (χ0) is 16.1. The van der Waals surface area contributed by atoms with Gasteiger partial charge in [-0.15, -0.1) is 23.7 Å². The molecule has 22 heavy (non-hydrogen) atoms. The number of nitrogens with two attached hydrogens (primary N) is 1. The predicted octanol–water partition coefficient (Wildman–Crippen LogP) is 3.22. The van der Waals surface area contributed by atoms with Crippen LogP contribution in [0.5, 0.6) is 0 Å². The van der Waals surface area contributed by atoms with E-state index < -0.39 is 10.0 Å². The lowest BCUT2D eigenvalue weighted by Crippen LogP contribution is -2.53. The minimum Gasteiger partial charge on any atom is -0.327 e. The number of nitrogens with zero attached hydrogens (tertiary/aromatic N) is 1. The van der Waals surface area contributed by atoms with E-state index in [0.717, 1.165) is 4.88 Å². The van der Waals surface area contributed by atoms with E-state index in [-0.39, 0.29) is 29.3 Å². The van der Waals surface area contributed by atoms with Crippen LogP contribution in [-0.2, 0) is 15.4 Å². The summed E-state index contributed by atoms with van der Waals surface area (Å²) < 4.78 is 27.7. The summed E-state index contributed by atoms with van der Waals surface area (Å²) in [6, 6.07) is 3.72. The van der Waals surface area contributed by atoms with Crippen molar-refractivity contribution in [3.05, 3.63) is 17.0 Å². The maximum atomic E-state index is 12.8. The Kier molecular flexibility index (Phi) is 5.79. The monoisotopic (exact) mass is 366 g/mol. The largest absolute Gasteiger partial charge is 0.327 e. The molecule has 0 aliphatic carbocycles. The molecule has 0 radical (unpaired) electrons. The van der Waals surface area contributed by atoms with Crippen molar-refractivity contribution in [1.82, 2.24) is 4.31 Å². The number of piperidine rings is 1. The molecule has 2 N–H and O–H groups in total. The minimum absolute atomic E-state index is 0. The Morgan fingerprint density at radius 3 is 2.36 bits per heavy atom. The van der Waals surface area contributed by atoms with Crippen LogP contribution in [-0.4, -0.2) is 31.9 Å². The lowest BCUT2D eigenvalue weighted by atomic mass is 9.81. The summed E-state index contributed by atoms with van der Waals surface area (Å²) >= 11 is 1.38. The van der Waals surface area contributed by atoms with Gasteiger partial charge in [-0.3, -0.25) is 0 Å². The quantitative estimate of drug-likeness (QED) is 0.874. The first-order chi connectivity index (χ1) is 9.44. The zero-order valence-corrected chi connectivity index (χ0v) is 16.4. The average molecular weight is 367 g/mol. The first-order valence-corrected chi connectivity index (χ1v) is 9.56. The fourth-order valence-corrected chi connectivity index (χ4v) is 5.66. The van der Waals surface area contributed by atoms with Crippen molar-refractivity contribution in [2.24, 2.45) is 11.1 Å². The summed E-state index contributed by atoms with van der Waals surface area (Å²) in [6.45, 7) is 11.4. The fourth-order valence-electron chi connectivity index (χ4n) is 2.52. The molecule has 128 valence electrons. The van der Waals surface area contributed by atoms with Gasteiger partial charge in [0.25, 0.3) is 10.0 Å². The van der Waals surface area contributed by atoms with Crippen LogP contribution in [0, 0.1) is 5.41 Å². The molecule has 0 saturated carbocycles. The van der Waals surface area contributed by atoms with E-state index in [9.17, 15) is 8.42 Å². The van der Waals surface area contributed by atoms with Crippen LogP contribution in [0.25, 0.3) is 0 Å². The van der Waals surface area contributed by atoms with Gasteiger partial charge in [-0.05, 0) is 29.4 Å². The SMILES string of the molecule is CC(C)(C)c1ccc(S(=O)(=O)N2CCC(N)C(C)(C)C2)s1.Cl. The highest BCUT2D eigenvalue weighted by Gasteiger charge is 2.39. The molecule has 7 heteroatoms. The number of hydrogen-bond donors (Lipinski definition) is 1. The zero-order valence-electron chi connectivity index (χ0n) is 13.9. The topological polar surface area (TPSA) is 63.4 Å². The van der Waals surface area contributed by atoms with Gasteiger partial charge in [0.15, 0.2) is 0 Å². The third kappa shape index (κ3) is 3.85. The van der Waals surface area contributed by atoms with Gasteiger partial charge in [0.05, 0.1) is 0 Å². The van der Waals surface area contributed by atoms with E-state index in [1.54, 1.807) is 10.4 Å². The molecule has 1 atom stereocenters. The van der Waals surface area contributed by atoms with Crippen molar-refractivity contribution in [3.63, 3.8) is 0 Å². The van der Waals surface area contributed by atoms with E-state index in [1.807, 2.05) is 19.9 Å². The van der Waals surface area contributed by atoms with Crippen LogP contribution in [0.2, 0.25) is 0 Å². The summed E-state index contributed by atoms with van der Waals surface area (Å²) in [6.07, 6.45) is 0.712. The Balaban J connectivity index is 0.00000242. The number of thiophene rings is 1. The Hall–Kier alpha value is -0.140. The third-order valence-electron chi connectivity index (χ3n) is 4.19. The third-order valence-corrected chi connectivity index (χ3v) is 8.02. The van der Waals surface area contributed by atoms with Gasteiger partial charge in [0.1, 0.15) is 4.21 Å². The molecule has 0 bridgehead atoms. The van der Waals surface area contributed by atoms with Crippen LogP contribution < -0.4 is 5.73 Å². The first-order valence-electron chi connectivity index (χ1n) is 7.31. The molecular formula is C15H27ClN2O2S2. The molecule has 0 spiro atoms. The van der Waals surface area contributed by atoms with Gasteiger partial charge in [0.2, 0.25) is 0 Å². The summed E-state index contributed by atoms with van der Waals surface area (Å²) in [5.74, 6) is 0. The van der Waals surface area contributed by atoms with Crippen molar-refractivity contribution in [3.8, 4) is 0 Å². The van der Waals surface area contributed by atoms with Crippen molar-refractivity contribution in [1.29, 1.82) is 0 Å². The van der Waals surface area contributed by atoms with Gasteiger partial charge in [-0.2, -0.15) is 4.31 Å². The summed E-state index contributed by atoms with van der Waals surface area (Å²) in [4.78, 5) is 1.09. The number of sulfonamides is 1. The highest BCUT2D eigenvalue weighted by atomic mass is 35.5. The minimum atomic E-state index is -3.40. The van der Waals surface area contributed by atoms with Crippen molar-refractivity contribution in [2.75, 3.05) is 13.1 Å². The fraction of sp³-hybridized carbons (Fsp3) is 0.733. The molecule has 1 aromatic rings. The Labute approximate surface area is 144 Å². The van der Waals surface area contributed by atoms with Crippen molar-refractivity contribution < 1.29 is 8.42 Å². The van der Waals surface area contributed by atoms with Gasteiger partial charge >= 0.3 is 0 Å². The van der Waals surface area contributed by atoms with Gasteiger partial charge in [-0.25, -0.2) is 8.42 Å². The maximum Gasteiger partial charge on any atom is 0.252 e. The van der Waals surface area contributed by atoms with Crippen LogP contribution in [0.15, 0.2) is 16.3 Å². The average Bonchev–Trinajstić information content (AvgIpc) is 2.82. The Morgan fingerprint density at radius 1 is 1.32 bits per heavy atom. The molecule has 1 unspecified atom stereocenters. The molecule has 4 nitrogen and oxygen atoms in total. The summed E-state index contributed by atoms with van der Waals surface area (Å²) in [5, 5.41) is 0. The van der Waals surface area contributed by atoms with Gasteiger partial charge in [0, 0.05) is 24.0 Å².